The Kier molecular flexibility index (Phi) is 7.82. The molecule has 2 aromatic carbocycles. The second-order valence-corrected chi connectivity index (χ2v) is 7.42. The van der Waals surface area contributed by atoms with Crippen LogP contribution in [0.3, 0.4) is 0 Å². The Bertz CT molecular complexity index is 731. The molecule has 1 aliphatic rings. The van der Waals surface area contributed by atoms with Gasteiger partial charge in [-0.3, -0.25) is 4.79 Å². The summed E-state index contributed by atoms with van der Waals surface area (Å²) in [6.45, 7) is 3.93. The van der Waals surface area contributed by atoms with Gasteiger partial charge in [0, 0.05) is 22.6 Å². The van der Waals surface area contributed by atoms with Gasteiger partial charge in [-0.15, -0.1) is 24.2 Å². The minimum absolute atomic E-state index is 0. The maximum Gasteiger partial charge on any atom is 0.162 e. The lowest BCUT2D eigenvalue weighted by atomic mass is 10.0. The molecule has 0 aliphatic carbocycles. The summed E-state index contributed by atoms with van der Waals surface area (Å²) in [5, 5.41) is 4.30. The van der Waals surface area contributed by atoms with E-state index in [0.717, 1.165) is 42.3 Å². The number of ketones is 1. The molecule has 2 nitrogen and oxygen atoms in total. The van der Waals surface area contributed by atoms with Gasteiger partial charge in [0.1, 0.15) is 0 Å². The van der Waals surface area contributed by atoms with Gasteiger partial charge in [0.15, 0.2) is 5.78 Å². The molecule has 1 aliphatic heterocycles. The molecule has 1 N–H and O–H groups in total. The van der Waals surface area contributed by atoms with Crippen LogP contribution in [0.1, 0.15) is 40.4 Å². The number of carbonyl (C=O) groups is 1. The molecule has 0 fully saturated rings. The van der Waals surface area contributed by atoms with Gasteiger partial charge < -0.3 is 5.32 Å². The van der Waals surface area contributed by atoms with E-state index in [1.165, 1.54) is 21.6 Å². The molecule has 3 rings (SSSR count). The summed E-state index contributed by atoms with van der Waals surface area (Å²) in [6.07, 6.45) is 2.64. The van der Waals surface area contributed by atoms with E-state index < -0.39 is 0 Å². The third-order valence-electron chi connectivity index (χ3n) is 4.41. The van der Waals surface area contributed by atoms with Gasteiger partial charge in [-0.1, -0.05) is 48.9 Å². The van der Waals surface area contributed by atoms with E-state index >= 15 is 0 Å². The first kappa shape index (κ1) is 20.3. The fourth-order valence-electron chi connectivity index (χ4n) is 3.01. The number of Topliss-reactive ketones (excluding diaryl/α,β-unsaturated/α-hetero) is 1. The molecule has 0 amide bonds. The first-order chi connectivity index (χ1) is 11.7. The molecule has 0 unspecified atom stereocenters. The van der Waals surface area contributed by atoms with E-state index in [9.17, 15) is 4.79 Å². The van der Waals surface area contributed by atoms with Crippen molar-refractivity contribution < 1.29 is 4.79 Å². The third kappa shape index (κ3) is 5.01. The molecule has 2 aromatic rings. The number of halogens is 2. The highest BCUT2D eigenvalue weighted by Crippen LogP contribution is 2.36. The molecule has 0 radical (unpaired) electrons. The molecular weight excluding hydrogens is 373 g/mol. The van der Waals surface area contributed by atoms with Crippen molar-refractivity contribution in [2.75, 3.05) is 13.1 Å². The Morgan fingerprint density at radius 1 is 1.12 bits per heavy atom. The number of hydrogen-bond donors (Lipinski definition) is 1. The molecule has 0 atom stereocenters. The van der Waals surface area contributed by atoms with Gasteiger partial charge in [0.05, 0.1) is 5.02 Å². The molecule has 0 bridgehead atoms. The Labute approximate surface area is 165 Å². The minimum atomic E-state index is 0. The van der Waals surface area contributed by atoms with Crippen LogP contribution in [0.25, 0.3) is 0 Å². The molecule has 0 saturated heterocycles. The number of carbonyl (C=O) groups excluding carboxylic acids is 1. The molecule has 134 valence electrons. The normalized spacial score (nSPS) is 13.5. The highest BCUT2D eigenvalue weighted by molar-refractivity contribution is 7.98. The van der Waals surface area contributed by atoms with Crippen LogP contribution in [0.2, 0.25) is 5.02 Å². The van der Waals surface area contributed by atoms with Gasteiger partial charge in [0.25, 0.3) is 0 Å². The van der Waals surface area contributed by atoms with Gasteiger partial charge in [0.2, 0.25) is 0 Å². The maximum absolute atomic E-state index is 11.7. The van der Waals surface area contributed by atoms with Crippen LogP contribution in [0, 0.1) is 0 Å². The minimum Gasteiger partial charge on any atom is -0.316 e. The van der Waals surface area contributed by atoms with Crippen LogP contribution < -0.4 is 5.32 Å². The van der Waals surface area contributed by atoms with Crippen molar-refractivity contribution in [1.29, 1.82) is 0 Å². The SMILES string of the molecule is CCC(=O)c1ccc(CSc2c(Cl)ccc3c2CCNCC3)cc1.Cl. The highest BCUT2D eigenvalue weighted by atomic mass is 35.5. The van der Waals surface area contributed by atoms with Gasteiger partial charge >= 0.3 is 0 Å². The smallest absolute Gasteiger partial charge is 0.162 e. The number of hydrogen-bond acceptors (Lipinski definition) is 3. The van der Waals surface area contributed by atoms with E-state index in [1.54, 1.807) is 11.8 Å². The monoisotopic (exact) mass is 395 g/mol. The van der Waals surface area contributed by atoms with E-state index in [0.29, 0.717) is 6.42 Å². The van der Waals surface area contributed by atoms with Crippen LogP contribution in [0.15, 0.2) is 41.3 Å². The zero-order valence-corrected chi connectivity index (χ0v) is 16.7. The lowest BCUT2D eigenvalue weighted by Crippen LogP contribution is -2.16. The molecule has 1 heterocycles. The molecule has 0 saturated carbocycles. The van der Waals surface area contributed by atoms with Crippen LogP contribution in [0.4, 0.5) is 0 Å². The summed E-state index contributed by atoms with van der Waals surface area (Å²) in [4.78, 5) is 12.9. The van der Waals surface area contributed by atoms with Crippen LogP contribution in [-0.2, 0) is 18.6 Å². The molecule has 0 aromatic heterocycles. The Morgan fingerprint density at radius 3 is 2.56 bits per heavy atom. The average Bonchev–Trinajstić information content (AvgIpc) is 2.86. The van der Waals surface area contributed by atoms with Gasteiger partial charge in [-0.25, -0.2) is 0 Å². The zero-order chi connectivity index (χ0) is 16.9. The van der Waals surface area contributed by atoms with Gasteiger partial charge in [-0.05, 0) is 48.7 Å². The van der Waals surface area contributed by atoms with E-state index in [1.807, 2.05) is 37.3 Å². The molecule has 0 spiro atoms. The van der Waals surface area contributed by atoms with E-state index in [2.05, 4.69) is 11.4 Å². The number of benzene rings is 2. The first-order valence-electron chi connectivity index (χ1n) is 8.45. The summed E-state index contributed by atoms with van der Waals surface area (Å²) in [7, 11) is 0. The quantitative estimate of drug-likeness (QED) is 0.547. The van der Waals surface area contributed by atoms with Crippen molar-refractivity contribution in [2.24, 2.45) is 0 Å². The maximum atomic E-state index is 11.7. The van der Waals surface area contributed by atoms with E-state index in [-0.39, 0.29) is 18.2 Å². The summed E-state index contributed by atoms with van der Waals surface area (Å²) in [5.74, 6) is 1.06. The second kappa shape index (κ2) is 9.63. The van der Waals surface area contributed by atoms with Crippen molar-refractivity contribution in [3.8, 4) is 0 Å². The summed E-state index contributed by atoms with van der Waals surface area (Å²) in [6, 6.07) is 12.1. The molecular formula is C20H23Cl2NOS. The van der Waals surface area contributed by atoms with Crippen molar-refractivity contribution in [2.45, 2.75) is 36.8 Å². The van der Waals surface area contributed by atoms with Crippen molar-refractivity contribution in [3.05, 3.63) is 63.7 Å². The lowest BCUT2D eigenvalue weighted by molar-refractivity contribution is 0.0988. The van der Waals surface area contributed by atoms with Gasteiger partial charge in [-0.2, -0.15) is 0 Å². The Hall–Kier alpha value is -1.00. The second-order valence-electron chi connectivity index (χ2n) is 6.03. The Morgan fingerprint density at radius 2 is 1.84 bits per heavy atom. The molecule has 25 heavy (non-hydrogen) atoms. The first-order valence-corrected chi connectivity index (χ1v) is 9.81. The lowest BCUT2D eigenvalue weighted by Gasteiger charge is -2.14. The summed E-state index contributed by atoms with van der Waals surface area (Å²) in [5.41, 5.74) is 4.82. The number of rotatable bonds is 5. The fraction of sp³-hybridized carbons (Fsp3) is 0.350. The molecule has 5 heteroatoms. The average molecular weight is 396 g/mol. The van der Waals surface area contributed by atoms with Crippen molar-refractivity contribution in [1.82, 2.24) is 5.32 Å². The van der Waals surface area contributed by atoms with Crippen molar-refractivity contribution >= 4 is 41.6 Å². The van der Waals surface area contributed by atoms with Crippen molar-refractivity contribution in [3.63, 3.8) is 0 Å². The fourth-order valence-corrected chi connectivity index (χ4v) is 4.47. The van der Waals surface area contributed by atoms with Crippen LogP contribution >= 0.6 is 35.8 Å². The largest absolute Gasteiger partial charge is 0.316 e. The summed E-state index contributed by atoms with van der Waals surface area (Å²) >= 11 is 8.28. The Balaban J connectivity index is 0.00000225. The zero-order valence-electron chi connectivity index (χ0n) is 14.3. The predicted octanol–water partition coefficient (Wildman–Crippen LogP) is 5.34. The topological polar surface area (TPSA) is 29.1 Å². The number of nitrogens with one attached hydrogen (secondary N) is 1. The number of thioether (sulfide) groups is 1. The predicted molar refractivity (Wildman–Crippen MR) is 110 cm³/mol. The van der Waals surface area contributed by atoms with Crippen LogP contribution in [-0.4, -0.2) is 18.9 Å². The summed E-state index contributed by atoms with van der Waals surface area (Å²) < 4.78 is 0. The van der Waals surface area contributed by atoms with Crippen LogP contribution in [0.5, 0.6) is 0 Å². The highest BCUT2D eigenvalue weighted by Gasteiger charge is 2.15. The third-order valence-corrected chi connectivity index (χ3v) is 6.07. The van der Waals surface area contributed by atoms with E-state index in [4.69, 9.17) is 11.6 Å². The standard InChI is InChI=1S/C20H22ClNOS.ClH/c1-2-19(23)16-5-3-14(4-6-16)13-24-20-17-10-12-22-11-9-15(17)7-8-18(20)21;/h3-8,22H,2,9-13H2,1H3;1H. The number of fused-ring (bicyclic) bond motifs is 1.